The molecule has 1 aliphatic heterocycles. The van der Waals surface area contributed by atoms with Gasteiger partial charge in [0, 0.05) is 37.3 Å². The minimum Gasteiger partial charge on any atom is -0.295 e. The summed E-state index contributed by atoms with van der Waals surface area (Å²) >= 11 is 0. The highest BCUT2D eigenvalue weighted by Crippen LogP contribution is 2.33. The van der Waals surface area contributed by atoms with Gasteiger partial charge in [0.2, 0.25) is 0 Å². The summed E-state index contributed by atoms with van der Waals surface area (Å²) in [6.07, 6.45) is 4.28. The van der Waals surface area contributed by atoms with Crippen molar-refractivity contribution in [3.8, 4) is 0 Å². The molecule has 1 saturated carbocycles. The Bertz CT molecular complexity index is 191. The van der Waals surface area contributed by atoms with Crippen LogP contribution in [0.25, 0.3) is 0 Å². The average molecular weight is 210 g/mol. The number of nitrogens with zero attached hydrogens (tertiary/aromatic N) is 2. The summed E-state index contributed by atoms with van der Waals surface area (Å²) in [5.74, 6) is 0. The molecule has 2 atom stereocenters. The Morgan fingerprint density at radius 2 is 1.20 bits per heavy atom. The van der Waals surface area contributed by atoms with E-state index < -0.39 is 0 Å². The van der Waals surface area contributed by atoms with E-state index in [4.69, 9.17) is 0 Å². The molecule has 0 spiro atoms. The Labute approximate surface area is 94.6 Å². The molecule has 0 unspecified atom stereocenters. The molecule has 0 bridgehead atoms. The number of hydrogen-bond donors (Lipinski definition) is 0. The van der Waals surface area contributed by atoms with Gasteiger partial charge in [-0.15, -0.1) is 0 Å². The highest BCUT2D eigenvalue weighted by Gasteiger charge is 2.40. The van der Waals surface area contributed by atoms with Gasteiger partial charge in [-0.05, 0) is 40.5 Å². The van der Waals surface area contributed by atoms with Crippen molar-refractivity contribution in [1.29, 1.82) is 0 Å². The van der Waals surface area contributed by atoms with Gasteiger partial charge in [-0.1, -0.05) is 6.42 Å². The molecule has 2 fully saturated rings. The predicted octanol–water partition coefficient (Wildman–Crippen LogP) is 2.34. The van der Waals surface area contributed by atoms with Crippen LogP contribution in [0.3, 0.4) is 0 Å². The van der Waals surface area contributed by atoms with E-state index in [0.717, 1.165) is 24.2 Å². The van der Waals surface area contributed by atoms with Gasteiger partial charge < -0.3 is 0 Å². The molecule has 2 nitrogen and oxygen atoms in total. The van der Waals surface area contributed by atoms with Gasteiger partial charge in [-0.2, -0.15) is 0 Å². The third-order valence-corrected chi connectivity index (χ3v) is 4.24. The Kier molecular flexibility index (Phi) is 3.36. The molecule has 2 heteroatoms. The summed E-state index contributed by atoms with van der Waals surface area (Å²) in [6, 6.07) is 3.15. The van der Waals surface area contributed by atoms with Crippen LogP contribution < -0.4 is 0 Å². The zero-order valence-corrected chi connectivity index (χ0v) is 10.7. The van der Waals surface area contributed by atoms with Crippen molar-refractivity contribution in [2.75, 3.05) is 13.1 Å². The standard InChI is InChI=1S/C13H26N2/c1-10(2)14-8-9-15(11(3)4)13-7-5-6-12(13)14/h10-13H,5-9H2,1-4H3/t12-,13-/m1/s1. The van der Waals surface area contributed by atoms with Crippen molar-refractivity contribution in [3.05, 3.63) is 0 Å². The molecule has 2 rings (SSSR count). The van der Waals surface area contributed by atoms with Gasteiger partial charge in [0.15, 0.2) is 0 Å². The Morgan fingerprint density at radius 1 is 0.800 bits per heavy atom. The normalized spacial score (nSPS) is 34.0. The monoisotopic (exact) mass is 210 g/mol. The second-order valence-corrected chi connectivity index (χ2v) is 5.73. The molecular weight excluding hydrogens is 184 g/mol. The second kappa shape index (κ2) is 4.42. The fraction of sp³-hybridized carbons (Fsp3) is 1.00. The topological polar surface area (TPSA) is 6.48 Å². The number of hydrogen-bond acceptors (Lipinski definition) is 2. The lowest BCUT2D eigenvalue weighted by Gasteiger charge is -2.48. The van der Waals surface area contributed by atoms with E-state index in [1.807, 2.05) is 0 Å². The molecule has 1 aliphatic carbocycles. The molecule has 88 valence electrons. The smallest absolute Gasteiger partial charge is 0.0254 e. The third kappa shape index (κ3) is 2.07. The maximum absolute atomic E-state index is 2.73. The summed E-state index contributed by atoms with van der Waals surface area (Å²) in [4.78, 5) is 5.47. The molecule has 15 heavy (non-hydrogen) atoms. The summed E-state index contributed by atoms with van der Waals surface area (Å²) in [7, 11) is 0. The van der Waals surface area contributed by atoms with Crippen molar-refractivity contribution in [3.63, 3.8) is 0 Å². The minimum atomic E-state index is 0.727. The fourth-order valence-corrected chi connectivity index (χ4v) is 3.54. The van der Waals surface area contributed by atoms with Crippen molar-refractivity contribution >= 4 is 0 Å². The largest absolute Gasteiger partial charge is 0.295 e. The van der Waals surface area contributed by atoms with Crippen molar-refractivity contribution < 1.29 is 0 Å². The Hall–Kier alpha value is -0.0800. The van der Waals surface area contributed by atoms with E-state index in [2.05, 4.69) is 37.5 Å². The van der Waals surface area contributed by atoms with E-state index >= 15 is 0 Å². The van der Waals surface area contributed by atoms with Crippen LogP contribution in [0.1, 0.15) is 47.0 Å². The lowest BCUT2D eigenvalue weighted by molar-refractivity contribution is 0.00129. The molecule has 0 aromatic carbocycles. The van der Waals surface area contributed by atoms with Gasteiger partial charge >= 0.3 is 0 Å². The Morgan fingerprint density at radius 3 is 1.53 bits per heavy atom. The van der Waals surface area contributed by atoms with Crippen LogP contribution in [0, 0.1) is 0 Å². The highest BCUT2D eigenvalue weighted by atomic mass is 15.3. The van der Waals surface area contributed by atoms with E-state index in [1.165, 1.54) is 32.4 Å². The molecular formula is C13H26N2. The van der Waals surface area contributed by atoms with E-state index in [1.54, 1.807) is 0 Å². The predicted molar refractivity (Wildman–Crippen MR) is 65.1 cm³/mol. The molecule has 2 aliphatic rings. The van der Waals surface area contributed by atoms with E-state index in [9.17, 15) is 0 Å². The first-order chi connectivity index (χ1) is 7.11. The van der Waals surface area contributed by atoms with Gasteiger partial charge in [0.1, 0.15) is 0 Å². The van der Waals surface area contributed by atoms with Gasteiger partial charge in [0.25, 0.3) is 0 Å². The van der Waals surface area contributed by atoms with Crippen LogP contribution in [0.4, 0.5) is 0 Å². The first kappa shape index (κ1) is 11.4. The first-order valence-electron chi connectivity index (χ1n) is 6.62. The number of piperazine rings is 1. The van der Waals surface area contributed by atoms with Crippen LogP contribution in [-0.4, -0.2) is 47.1 Å². The van der Waals surface area contributed by atoms with E-state index in [0.29, 0.717) is 0 Å². The molecule has 0 N–H and O–H groups in total. The second-order valence-electron chi connectivity index (χ2n) is 5.73. The van der Waals surface area contributed by atoms with Gasteiger partial charge in [-0.25, -0.2) is 0 Å². The van der Waals surface area contributed by atoms with Gasteiger partial charge in [-0.3, -0.25) is 9.80 Å². The fourth-order valence-electron chi connectivity index (χ4n) is 3.54. The zero-order chi connectivity index (χ0) is 11.0. The summed E-state index contributed by atoms with van der Waals surface area (Å²) < 4.78 is 0. The van der Waals surface area contributed by atoms with Crippen LogP contribution in [0.15, 0.2) is 0 Å². The van der Waals surface area contributed by atoms with Crippen LogP contribution in [-0.2, 0) is 0 Å². The molecule has 0 aromatic rings. The maximum Gasteiger partial charge on any atom is 0.0254 e. The van der Waals surface area contributed by atoms with Crippen LogP contribution in [0.2, 0.25) is 0 Å². The van der Waals surface area contributed by atoms with Crippen LogP contribution >= 0.6 is 0 Å². The number of rotatable bonds is 2. The Balaban J connectivity index is 2.09. The molecule has 0 amide bonds. The van der Waals surface area contributed by atoms with Crippen molar-refractivity contribution in [2.24, 2.45) is 0 Å². The zero-order valence-electron chi connectivity index (χ0n) is 10.7. The number of fused-ring (bicyclic) bond motifs is 1. The summed E-state index contributed by atoms with van der Waals surface area (Å²) in [5, 5.41) is 0. The van der Waals surface area contributed by atoms with Crippen LogP contribution in [0.5, 0.6) is 0 Å². The molecule has 0 aromatic heterocycles. The van der Waals surface area contributed by atoms with Gasteiger partial charge in [0.05, 0.1) is 0 Å². The summed E-state index contributed by atoms with van der Waals surface area (Å²) in [6.45, 7) is 11.9. The third-order valence-electron chi connectivity index (χ3n) is 4.24. The highest BCUT2D eigenvalue weighted by molar-refractivity contribution is 4.97. The van der Waals surface area contributed by atoms with Crippen molar-refractivity contribution in [1.82, 2.24) is 9.80 Å². The average Bonchev–Trinajstić information content (AvgIpc) is 2.63. The lowest BCUT2D eigenvalue weighted by atomic mass is 10.0. The quantitative estimate of drug-likeness (QED) is 0.690. The summed E-state index contributed by atoms with van der Waals surface area (Å²) in [5.41, 5.74) is 0. The lowest BCUT2D eigenvalue weighted by Crippen LogP contribution is -2.60. The minimum absolute atomic E-state index is 0.727. The van der Waals surface area contributed by atoms with E-state index in [-0.39, 0.29) is 0 Å². The molecule has 1 heterocycles. The van der Waals surface area contributed by atoms with Crippen molar-refractivity contribution in [2.45, 2.75) is 71.1 Å². The SMILES string of the molecule is CC(C)N1CCN(C(C)C)[C@@H]2CCC[C@H]21. The molecule has 0 radical (unpaired) electrons. The maximum atomic E-state index is 2.73. The first-order valence-corrected chi connectivity index (χ1v) is 6.62. The molecule has 1 saturated heterocycles.